The van der Waals surface area contributed by atoms with E-state index in [0.29, 0.717) is 0 Å². The molecule has 0 atom stereocenters. The zero-order valence-electron chi connectivity index (χ0n) is 11.2. The Hall–Kier alpha value is -1.41. The Kier molecular flexibility index (Phi) is 4.54. The van der Waals surface area contributed by atoms with Gasteiger partial charge in [0.2, 0.25) is 0 Å². The third kappa shape index (κ3) is 3.13. The summed E-state index contributed by atoms with van der Waals surface area (Å²) in [5, 5.41) is 0. The van der Waals surface area contributed by atoms with Crippen molar-refractivity contribution in [2.45, 2.75) is 26.7 Å². The van der Waals surface area contributed by atoms with E-state index in [-0.39, 0.29) is 5.78 Å². The highest BCUT2D eigenvalue weighted by Gasteiger charge is 2.12. The number of carbonyl (C=O) groups excluding carboxylic acids is 1. The van der Waals surface area contributed by atoms with Gasteiger partial charge in [-0.3, -0.25) is 4.79 Å². The normalized spacial score (nSPS) is 10.5. The first-order chi connectivity index (χ1) is 9.13. The van der Waals surface area contributed by atoms with Gasteiger partial charge in [-0.25, -0.2) is 0 Å². The average Bonchev–Trinajstić information content (AvgIpc) is 2.42. The molecule has 0 aromatic heterocycles. The van der Waals surface area contributed by atoms with E-state index in [1.807, 2.05) is 49.4 Å². The summed E-state index contributed by atoms with van der Waals surface area (Å²) in [4.78, 5) is 12.5. The highest BCUT2D eigenvalue weighted by molar-refractivity contribution is 9.10. The average molecular weight is 317 g/mol. The zero-order chi connectivity index (χ0) is 13.8. The summed E-state index contributed by atoms with van der Waals surface area (Å²) in [6, 6.07) is 13.7. The van der Waals surface area contributed by atoms with Crippen LogP contribution in [0.15, 0.2) is 46.9 Å². The molecule has 0 radical (unpaired) electrons. The maximum absolute atomic E-state index is 12.5. The highest BCUT2D eigenvalue weighted by Crippen LogP contribution is 2.22. The number of rotatable bonds is 4. The number of carbonyl (C=O) groups is 1. The van der Waals surface area contributed by atoms with Crippen LogP contribution < -0.4 is 0 Å². The number of hydrogen-bond acceptors (Lipinski definition) is 1. The number of hydrogen-bond donors (Lipinski definition) is 0. The van der Waals surface area contributed by atoms with Gasteiger partial charge in [0.15, 0.2) is 5.78 Å². The van der Waals surface area contributed by atoms with Gasteiger partial charge in [-0.05, 0) is 30.5 Å². The number of aryl methyl sites for hydroxylation is 1. The summed E-state index contributed by atoms with van der Waals surface area (Å²) >= 11 is 3.47. The third-order valence-electron chi connectivity index (χ3n) is 3.27. The van der Waals surface area contributed by atoms with Crippen LogP contribution in [0.5, 0.6) is 0 Å². The maximum Gasteiger partial charge on any atom is 0.193 e. The molecular formula is C17H17BrO. The van der Waals surface area contributed by atoms with Crippen molar-refractivity contribution in [3.05, 3.63) is 69.2 Å². The molecule has 1 nitrogen and oxygen atoms in total. The fourth-order valence-corrected chi connectivity index (χ4v) is 2.49. The molecule has 0 saturated carbocycles. The van der Waals surface area contributed by atoms with Crippen LogP contribution in [0.3, 0.4) is 0 Å². The summed E-state index contributed by atoms with van der Waals surface area (Å²) in [7, 11) is 0. The maximum atomic E-state index is 12.5. The molecule has 0 bridgehead atoms. The van der Waals surface area contributed by atoms with Crippen molar-refractivity contribution in [2.75, 3.05) is 0 Å². The quantitative estimate of drug-likeness (QED) is 0.730. The first kappa shape index (κ1) is 14.0. The van der Waals surface area contributed by atoms with E-state index >= 15 is 0 Å². The third-order valence-corrected chi connectivity index (χ3v) is 4.13. The Labute approximate surface area is 122 Å². The van der Waals surface area contributed by atoms with Crippen LogP contribution in [0.25, 0.3) is 0 Å². The van der Waals surface area contributed by atoms with Gasteiger partial charge < -0.3 is 0 Å². The van der Waals surface area contributed by atoms with Gasteiger partial charge in [-0.2, -0.15) is 0 Å². The predicted molar refractivity (Wildman–Crippen MR) is 82.7 cm³/mol. The van der Waals surface area contributed by atoms with Crippen LogP contribution >= 0.6 is 15.9 Å². The standard InChI is InChI=1S/C17H17BrO/c1-3-5-13-8-10-14(11-9-13)17(19)15-6-4-7-16(18)12(15)2/h4,6-11H,3,5H2,1-2H3. The minimum Gasteiger partial charge on any atom is -0.289 e. The zero-order valence-corrected chi connectivity index (χ0v) is 12.8. The van der Waals surface area contributed by atoms with Crippen LogP contribution in [0.1, 0.15) is 40.4 Å². The molecule has 0 fully saturated rings. The molecule has 0 aliphatic heterocycles. The number of benzene rings is 2. The molecule has 0 aliphatic rings. The molecule has 19 heavy (non-hydrogen) atoms. The van der Waals surface area contributed by atoms with E-state index in [1.54, 1.807) is 0 Å². The molecular weight excluding hydrogens is 300 g/mol. The van der Waals surface area contributed by atoms with Gasteiger partial charge in [-0.1, -0.05) is 65.7 Å². The van der Waals surface area contributed by atoms with Crippen molar-refractivity contribution >= 4 is 21.7 Å². The Bertz CT molecular complexity index is 585. The molecule has 0 aliphatic carbocycles. The summed E-state index contributed by atoms with van der Waals surface area (Å²) in [6.45, 7) is 4.12. The highest BCUT2D eigenvalue weighted by atomic mass is 79.9. The van der Waals surface area contributed by atoms with Crippen molar-refractivity contribution in [3.63, 3.8) is 0 Å². The Morgan fingerprint density at radius 3 is 2.42 bits per heavy atom. The van der Waals surface area contributed by atoms with Gasteiger partial charge >= 0.3 is 0 Å². The second-order valence-corrected chi connectivity index (χ2v) is 5.54. The van der Waals surface area contributed by atoms with Crippen LogP contribution in [-0.2, 0) is 6.42 Å². The lowest BCUT2D eigenvalue weighted by molar-refractivity contribution is 0.103. The monoisotopic (exact) mass is 316 g/mol. The van der Waals surface area contributed by atoms with E-state index in [2.05, 4.69) is 22.9 Å². The first-order valence-corrected chi connectivity index (χ1v) is 7.31. The predicted octanol–water partition coefficient (Wildman–Crippen LogP) is 4.94. The molecule has 0 unspecified atom stereocenters. The van der Waals surface area contributed by atoms with Gasteiger partial charge in [0.25, 0.3) is 0 Å². The summed E-state index contributed by atoms with van der Waals surface area (Å²) < 4.78 is 0.973. The Balaban J connectivity index is 2.31. The van der Waals surface area contributed by atoms with E-state index in [4.69, 9.17) is 0 Å². The van der Waals surface area contributed by atoms with E-state index in [0.717, 1.165) is 34.0 Å². The van der Waals surface area contributed by atoms with E-state index in [9.17, 15) is 4.79 Å². The van der Waals surface area contributed by atoms with Crippen molar-refractivity contribution < 1.29 is 4.79 Å². The smallest absolute Gasteiger partial charge is 0.193 e. The molecule has 0 heterocycles. The fourth-order valence-electron chi connectivity index (χ4n) is 2.12. The lowest BCUT2D eigenvalue weighted by Gasteiger charge is -2.07. The van der Waals surface area contributed by atoms with Crippen molar-refractivity contribution in [1.29, 1.82) is 0 Å². The van der Waals surface area contributed by atoms with E-state index in [1.165, 1.54) is 5.56 Å². The largest absolute Gasteiger partial charge is 0.289 e. The number of ketones is 1. The lowest BCUT2D eigenvalue weighted by atomic mass is 9.98. The molecule has 0 spiro atoms. The molecule has 2 rings (SSSR count). The van der Waals surface area contributed by atoms with Gasteiger partial charge in [0.1, 0.15) is 0 Å². The summed E-state index contributed by atoms with van der Waals surface area (Å²) in [6.07, 6.45) is 2.18. The number of halogens is 1. The van der Waals surface area contributed by atoms with Crippen molar-refractivity contribution in [1.82, 2.24) is 0 Å². The SMILES string of the molecule is CCCc1ccc(C(=O)c2cccc(Br)c2C)cc1. The molecule has 2 aromatic rings. The van der Waals surface area contributed by atoms with Crippen LogP contribution in [0, 0.1) is 6.92 Å². The molecule has 0 N–H and O–H groups in total. The van der Waals surface area contributed by atoms with Crippen LogP contribution in [0.4, 0.5) is 0 Å². The fraction of sp³-hybridized carbons (Fsp3) is 0.235. The Morgan fingerprint density at radius 2 is 1.79 bits per heavy atom. The molecule has 0 saturated heterocycles. The lowest BCUT2D eigenvalue weighted by Crippen LogP contribution is -2.04. The molecule has 0 amide bonds. The minimum absolute atomic E-state index is 0.0850. The van der Waals surface area contributed by atoms with Crippen molar-refractivity contribution in [3.8, 4) is 0 Å². The second-order valence-electron chi connectivity index (χ2n) is 4.69. The van der Waals surface area contributed by atoms with Crippen LogP contribution in [-0.4, -0.2) is 5.78 Å². The van der Waals surface area contributed by atoms with Gasteiger partial charge in [0.05, 0.1) is 0 Å². The molecule has 98 valence electrons. The minimum atomic E-state index is 0.0850. The second kappa shape index (κ2) is 6.16. The Morgan fingerprint density at radius 1 is 1.11 bits per heavy atom. The van der Waals surface area contributed by atoms with Gasteiger partial charge in [0, 0.05) is 15.6 Å². The summed E-state index contributed by atoms with van der Waals surface area (Å²) in [5.41, 5.74) is 3.79. The molecule has 2 heteroatoms. The molecule has 2 aromatic carbocycles. The first-order valence-electron chi connectivity index (χ1n) is 6.52. The summed E-state index contributed by atoms with van der Waals surface area (Å²) in [5.74, 6) is 0.0850. The van der Waals surface area contributed by atoms with Crippen LogP contribution in [0.2, 0.25) is 0 Å². The van der Waals surface area contributed by atoms with Gasteiger partial charge in [-0.15, -0.1) is 0 Å². The topological polar surface area (TPSA) is 17.1 Å². The van der Waals surface area contributed by atoms with Crippen molar-refractivity contribution in [2.24, 2.45) is 0 Å². The van der Waals surface area contributed by atoms with E-state index < -0.39 is 0 Å².